The van der Waals surface area contributed by atoms with Gasteiger partial charge in [0.15, 0.2) is 18.1 Å². The average Bonchev–Trinajstić information content (AvgIpc) is 3.21. The topological polar surface area (TPSA) is 99.0 Å². The fourth-order valence-electron chi connectivity index (χ4n) is 2.79. The number of aromatic nitrogens is 4. The second-order valence-corrected chi connectivity index (χ2v) is 6.77. The Morgan fingerprint density at radius 1 is 1.10 bits per heavy atom. The number of nitrogens with one attached hydrogen (secondary N) is 1. The van der Waals surface area contributed by atoms with Gasteiger partial charge in [-0.25, -0.2) is 4.79 Å². The largest absolute Gasteiger partial charge is 0.451 e. The molecule has 3 aromatic rings. The Morgan fingerprint density at radius 2 is 1.77 bits per heavy atom. The van der Waals surface area contributed by atoms with Crippen molar-refractivity contribution in [3.8, 4) is 0 Å². The minimum absolute atomic E-state index is 0.120. The van der Waals surface area contributed by atoms with Gasteiger partial charge in [0.05, 0.1) is 0 Å². The molecule has 0 bridgehead atoms. The van der Waals surface area contributed by atoms with Crippen molar-refractivity contribution in [2.75, 3.05) is 13.2 Å². The number of nitrogens with zero attached hydrogens (tertiary/aromatic N) is 4. The highest BCUT2D eigenvalue weighted by molar-refractivity contribution is 6.15. The maximum atomic E-state index is 12.7. The molecule has 0 unspecified atom stereocenters. The predicted molar refractivity (Wildman–Crippen MR) is 112 cm³/mol. The zero-order valence-electron chi connectivity index (χ0n) is 16.9. The van der Waals surface area contributed by atoms with Crippen LogP contribution in [-0.4, -0.2) is 45.2 Å². The first-order chi connectivity index (χ1) is 14.5. The second-order valence-electron chi connectivity index (χ2n) is 6.77. The summed E-state index contributed by atoms with van der Waals surface area (Å²) in [5, 5.41) is 14.0. The van der Waals surface area contributed by atoms with E-state index in [1.807, 2.05) is 67.6 Å². The number of carbonyl (C=O) groups is 2. The van der Waals surface area contributed by atoms with E-state index in [9.17, 15) is 9.59 Å². The Bertz CT molecular complexity index is 1020. The summed E-state index contributed by atoms with van der Waals surface area (Å²) in [4.78, 5) is 24.8. The number of carbonyl (C=O) groups excluding carboxylic acids is 2. The van der Waals surface area contributed by atoms with E-state index < -0.39 is 12.6 Å². The Hall–Kier alpha value is -3.81. The standard InChI is InChI=1S/C22H23N5O3/c1-16(19-11-7-4-8-12-19)14-23-21(28)15-30-22(29)20(27-17(2)24-25-26-27)13-18-9-5-3-6-10-18/h3-13,16H,14-15H2,1-2H3,(H,23,28)/b20-13-/t16-/m1/s1. The smallest absolute Gasteiger partial charge is 0.357 e. The predicted octanol–water partition coefficient (Wildman–Crippen LogP) is 2.44. The SMILES string of the molecule is Cc1nnnn1/C(=C\c1ccccc1)C(=O)OCC(=O)NC[C@@H](C)c1ccccc1. The van der Waals surface area contributed by atoms with Crippen molar-refractivity contribution in [1.82, 2.24) is 25.5 Å². The van der Waals surface area contributed by atoms with Crippen LogP contribution in [0.25, 0.3) is 11.8 Å². The molecule has 0 saturated carbocycles. The van der Waals surface area contributed by atoms with Crippen molar-refractivity contribution < 1.29 is 14.3 Å². The number of benzene rings is 2. The van der Waals surface area contributed by atoms with Gasteiger partial charge in [0.2, 0.25) is 0 Å². The molecule has 1 N–H and O–H groups in total. The third-order valence-electron chi connectivity index (χ3n) is 4.47. The maximum Gasteiger partial charge on any atom is 0.357 e. The third kappa shape index (κ3) is 5.60. The van der Waals surface area contributed by atoms with Crippen LogP contribution in [0.2, 0.25) is 0 Å². The van der Waals surface area contributed by atoms with E-state index in [-0.39, 0.29) is 17.5 Å². The molecule has 1 atom stereocenters. The number of aryl methyl sites for hydroxylation is 1. The van der Waals surface area contributed by atoms with Gasteiger partial charge in [-0.15, -0.1) is 5.10 Å². The first-order valence-electron chi connectivity index (χ1n) is 9.55. The summed E-state index contributed by atoms with van der Waals surface area (Å²) < 4.78 is 6.50. The minimum Gasteiger partial charge on any atom is -0.451 e. The average molecular weight is 405 g/mol. The van der Waals surface area contributed by atoms with Crippen molar-refractivity contribution in [2.24, 2.45) is 0 Å². The molecule has 2 aromatic carbocycles. The molecule has 154 valence electrons. The zero-order chi connectivity index (χ0) is 21.3. The number of ether oxygens (including phenoxy) is 1. The van der Waals surface area contributed by atoms with Crippen LogP contribution in [0.3, 0.4) is 0 Å². The summed E-state index contributed by atoms with van der Waals surface area (Å²) in [5.41, 5.74) is 2.02. The number of hydrogen-bond donors (Lipinski definition) is 1. The first-order valence-corrected chi connectivity index (χ1v) is 9.55. The van der Waals surface area contributed by atoms with Crippen LogP contribution in [0.1, 0.15) is 29.8 Å². The minimum atomic E-state index is -0.694. The lowest BCUT2D eigenvalue weighted by molar-refractivity contribution is -0.143. The second kappa shape index (κ2) is 10.1. The molecule has 0 aliphatic heterocycles. The highest BCUT2D eigenvalue weighted by Gasteiger charge is 2.19. The maximum absolute atomic E-state index is 12.7. The summed E-state index contributed by atoms with van der Waals surface area (Å²) >= 11 is 0. The molecule has 0 radical (unpaired) electrons. The molecule has 3 rings (SSSR count). The van der Waals surface area contributed by atoms with E-state index >= 15 is 0 Å². The van der Waals surface area contributed by atoms with Crippen molar-refractivity contribution in [2.45, 2.75) is 19.8 Å². The summed E-state index contributed by atoms with van der Waals surface area (Å²) in [5.74, 6) is -0.502. The molecular weight excluding hydrogens is 382 g/mol. The summed E-state index contributed by atoms with van der Waals surface area (Å²) in [6, 6.07) is 19.1. The van der Waals surface area contributed by atoms with Crippen molar-refractivity contribution in [3.63, 3.8) is 0 Å². The molecular formula is C22H23N5O3. The molecule has 8 heteroatoms. The van der Waals surface area contributed by atoms with Gasteiger partial charge in [-0.1, -0.05) is 67.6 Å². The Kier molecular flexibility index (Phi) is 7.05. The van der Waals surface area contributed by atoms with Gasteiger partial charge in [-0.2, -0.15) is 4.68 Å². The van der Waals surface area contributed by atoms with Crippen LogP contribution in [-0.2, 0) is 14.3 Å². The molecule has 30 heavy (non-hydrogen) atoms. The van der Waals surface area contributed by atoms with Crippen LogP contribution < -0.4 is 5.32 Å². The molecule has 0 saturated heterocycles. The Morgan fingerprint density at radius 3 is 2.40 bits per heavy atom. The van der Waals surface area contributed by atoms with Crippen LogP contribution >= 0.6 is 0 Å². The molecule has 1 amide bonds. The van der Waals surface area contributed by atoms with E-state index in [2.05, 4.69) is 20.8 Å². The highest BCUT2D eigenvalue weighted by Crippen LogP contribution is 2.14. The molecule has 1 heterocycles. The number of amides is 1. The molecule has 1 aromatic heterocycles. The molecule has 0 fully saturated rings. The van der Waals surface area contributed by atoms with E-state index in [0.717, 1.165) is 11.1 Å². The molecule has 0 spiro atoms. The van der Waals surface area contributed by atoms with E-state index in [4.69, 9.17) is 4.74 Å². The van der Waals surface area contributed by atoms with Gasteiger partial charge < -0.3 is 10.1 Å². The lowest BCUT2D eigenvalue weighted by Gasteiger charge is -2.13. The van der Waals surface area contributed by atoms with Gasteiger partial charge in [-0.3, -0.25) is 4.79 Å². The van der Waals surface area contributed by atoms with Gasteiger partial charge in [-0.05, 0) is 40.5 Å². The Balaban J connectivity index is 1.61. The van der Waals surface area contributed by atoms with Crippen molar-refractivity contribution in [1.29, 1.82) is 0 Å². The number of rotatable bonds is 8. The zero-order valence-corrected chi connectivity index (χ0v) is 16.9. The first kappa shape index (κ1) is 20.9. The summed E-state index contributed by atoms with van der Waals surface area (Å²) in [7, 11) is 0. The van der Waals surface area contributed by atoms with Gasteiger partial charge in [0, 0.05) is 6.54 Å². The number of hydrogen-bond acceptors (Lipinski definition) is 6. The summed E-state index contributed by atoms with van der Waals surface area (Å²) in [6.07, 6.45) is 1.61. The van der Waals surface area contributed by atoms with Crippen LogP contribution in [0.4, 0.5) is 0 Å². The van der Waals surface area contributed by atoms with Gasteiger partial charge >= 0.3 is 5.97 Å². The highest BCUT2D eigenvalue weighted by atomic mass is 16.5. The van der Waals surface area contributed by atoms with Gasteiger partial charge in [0.1, 0.15) is 0 Å². The number of esters is 1. The summed E-state index contributed by atoms with van der Waals surface area (Å²) in [6.45, 7) is 3.74. The normalized spacial score (nSPS) is 12.3. The number of tetrazole rings is 1. The van der Waals surface area contributed by atoms with Crippen molar-refractivity contribution in [3.05, 3.63) is 77.6 Å². The van der Waals surface area contributed by atoms with E-state index in [1.165, 1.54) is 4.68 Å². The van der Waals surface area contributed by atoms with Gasteiger partial charge in [0.25, 0.3) is 5.91 Å². The van der Waals surface area contributed by atoms with E-state index in [0.29, 0.717) is 12.4 Å². The quantitative estimate of drug-likeness (QED) is 0.457. The lowest BCUT2D eigenvalue weighted by Crippen LogP contribution is -2.32. The fraction of sp³-hybridized carbons (Fsp3) is 0.227. The fourth-order valence-corrected chi connectivity index (χ4v) is 2.79. The molecule has 0 aliphatic rings. The van der Waals surface area contributed by atoms with Crippen LogP contribution in [0.15, 0.2) is 60.7 Å². The lowest BCUT2D eigenvalue weighted by atomic mass is 10.0. The Labute approximate surface area is 174 Å². The van der Waals surface area contributed by atoms with Crippen molar-refractivity contribution >= 4 is 23.6 Å². The monoisotopic (exact) mass is 405 g/mol. The van der Waals surface area contributed by atoms with E-state index in [1.54, 1.807) is 13.0 Å². The third-order valence-corrected chi connectivity index (χ3v) is 4.47. The molecule has 0 aliphatic carbocycles. The van der Waals surface area contributed by atoms with Crippen LogP contribution in [0.5, 0.6) is 0 Å². The van der Waals surface area contributed by atoms with Crippen LogP contribution in [0, 0.1) is 6.92 Å². The molecule has 8 nitrogen and oxygen atoms in total.